The fourth-order valence-electron chi connectivity index (χ4n) is 3.89. The highest BCUT2D eigenvalue weighted by Gasteiger charge is 2.13. The second-order valence-corrected chi connectivity index (χ2v) is 8.53. The highest BCUT2D eigenvalue weighted by molar-refractivity contribution is 6.30. The molecule has 0 aliphatic rings. The molecule has 0 amide bonds. The number of unbranched alkanes of at least 4 members (excludes halogenated alkanes) is 1. The predicted molar refractivity (Wildman–Crippen MR) is 124 cm³/mol. The van der Waals surface area contributed by atoms with Crippen LogP contribution in [0, 0.1) is 13.8 Å². The summed E-state index contributed by atoms with van der Waals surface area (Å²) >= 11 is 6.29. The van der Waals surface area contributed by atoms with Gasteiger partial charge in [-0.2, -0.15) is 0 Å². The highest BCUT2D eigenvalue weighted by atomic mass is 35.5. The number of halogens is 1. The Balaban J connectivity index is 1.63. The van der Waals surface area contributed by atoms with Gasteiger partial charge < -0.3 is 5.11 Å². The van der Waals surface area contributed by atoms with Gasteiger partial charge in [-0.05, 0) is 91.0 Å². The molecule has 0 aliphatic carbocycles. The first kappa shape index (κ1) is 21.6. The Morgan fingerprint density at radius 3 is 2.21 bits per heavy atom. The summed E-state index contributed by atoms with van der Waals surface area (Å²) in [5.74, 6) is 0.479. The van der Waals surface area contributed by atoms with Crippen molar-refractivity contribution in [2.24, 2.45) is 0 Å². The molecule has 1 N–H and O–H groups in total. The number of aliphatic hydroxyl groups excluding tert-OH is 1. The zero-order valence-electron chi connectivity index (χ0n) is 17.5. The van der Waals surface area contributed by atoms with Crippen molar-refractivity contribution < 1.29 is 5.11 Å². The summed E-state index contributed by atoms with van der Waals surface area (Å²) in [5.41, 5.74) is 7.76. The summed E-state index contributed by atoms with van der Waals surface area (Å²) in [6, 6.07) is 23.5. The Labute approximate surface area is 180 Å². The normalized spacial score (nSPS) is 12.1. The minimum absolute atomic E-state index is 0.111. The van der Waals surface area contributed by atoms with Gasteiger partial charge in [0.15, 0.2) is 0 Å². The molecular weight excluding hydrogens is 376 g/mol. The van der Waals surface area contributed by atoms with Gasteiger partial charge in [-0.1, -0.05) is 72.6 Å². The van der Waals surface area contributed by atoms with E-state index in [-0.39, 0.29) is 6.61 Å². The molecule has 29 heavy (non-hydrogen) atoms. The number of benzene rings is 3. The highest BCUT2D eigenvalue weighted by Crippen LogP contribution is 2.29. The zero-order valence-corrected chi connectivity index (χ0v) is 18.3. The van der Waals surface area contributed by atoms with Crippen molar-refractivity contribution in [2.45, 2.75) is 58.5 Å². The van der Waals surface area contributed by atoms with E-state index in [9.17, 15) is 5.11 Å². The third-order valence-corrected chi connectivity index (χ3v) is 6.08. The molecule has 1 atom stereocenters. The lowest BCUT2D eigenvalue weighted by atomic mass is 9.86. The van der Waals surface area contributed by atoms with E-state index in [0.29, 0.717) is 5.92 Å². The lowest BCUT2D eigenvalue weighted by Crippen LogP contribution is -2.04. The second kappa shape index (κ2) is 10.6. The van der Waals surface area contributed by atoms with Crippen molar-refractivity contribution in [1.29, 1.82) is 0 Å². The first-order valence-electron chi connectivity index (χ1n) is 10.6. The second-order valence-electron chi connectivity index (χ2n) is 8.10. The summed E-state index contributed by atoms with van der Waals surface area (Å²) in [6.45, 7) is 4.47. The predicted octanol–water partition coefficient (Wildman–Crippen LogP) is 7.19. The Hall–Kier alpha value is -2.09. The van der Waals surface area contributed by atoms with Crippen LogP contribution >= 0.6 is 11.6 Å². The Morgan fingerprint density at radius 1 is 0.793 bits per heavy atom. The van der Waals surface area contributed by atoms with Gasteiger partial charge in [0.2, 0.25) is 0 Å². The molecule has 3 aromatic carbocycles. The molecule has 0 saturated heterocycles. The Morgan fingerprint density at radius 2 is 1.52 bits per heavy atom. The van der Waals surface area contributed by atoms with Crippen molar-refractivity contribution in [3.63, 3.8) is 0 Å². The van der Waals surface area contributed by atoms with Crippen LogP contribution in [0.4, 0.5) is 0 Å². The van der Waals surface area contributed by atoms with E-state index in [4.69, 9.17) is 11.6 Å². The maximum Gasteiger partial charge on any atom is 0.0681 e. The first-order chi connectivity index (χ1) is 14.0. The molecule has 0 fully saturated rings. The van der Waals surface area contributed by atoms with Crippen molar-refractivity contribution in [3.8, 4) is 0 Å². The monoisotopic (exact) mass is 406 g/mol. The van der Waals surface area contributed by atoms with Gasteiger partial charge in [-0.15, -0.1) is 0 Å². The first-order valence-corrected chi connectivity index (χ1v) is 10.9. The van der Waals surface area contributed by atoms with E-state index >= 15 is 0 Å². The summed E-state index contributed by atoms with van der Waals surface area (Å²) in [4.78, 5) is 0. The van der Waals surface area contributed by atoms with Crippen LogP contribution in [0.15, 0.2) is 66.7 Å². The molecule has 152 valence electrons. The van der Waals surface area contributed by atoms with E-state index in [2.05, 4.69) is 62.4 Å². The average molecular weight is 407 g/mol. The van der Waals surface area contributed by atoms with Crippen LogP contribution in [-0.4, -0.2) is 5.11 Å². The van der Waals surface area contributed by atoms with Crippen molar-refractivity contribution >= 4 is 11.6 Å². The number of hydrogen-bond donors (Lipinski definition) is 1. The molecule has 0 spiro atoms. The summed E-state index contributed by atoms with van der Waals surface area (Å²) in [6.07, 6.45) is 5.64. The molecule has 1 nitrogen and oxygen atoms in total. The summed E-state index contributed by atoms with van der Waals surface area (Å²) < 4.78 is 0. The van der Waals surface area contributed by atoms with Gasteiger partial charge in [-0.3, -0.25) is 0 Å². The average Bonchev–Trinajstić information content (AvgIpc) is 2.73. The number of hydrogen-bond acceptors (Lipinski definition) is 1. The molecule has 0 aromatic heterocycles. The van der Waals surface area contributed by atoms with E-state index in [0.717, 1.165) is 29.8 Å². The van der Waals surface area contributed by atoms with Crippen LogP contribution in [0.5, 0.6) is 0 Å². The maximum absolute atomic E-state index is 9.18. The number of aryl methyl sites for hydroxylation is 3. The SMILES string of the molecule is Cc1ccc(C[C@H](CCCCc2ccc(CO)cc2)c2cccc(Cl)c2)cc1C. The Bertz CT molecular complexity index is 914. The molecule has 3 rings (SSSR count). The van der Waals surface area contributed by atoms with E-state index in [1.54, 1.807) is 0 Å². The minimum atomic E-state index is 0.111. The third-order valence-electron chi connectivity index (χ3n) is 5.85. The van der Waals surface area contributed by atoms with Crippen LogP contribution in [0.25, 0.3) is 0 Å². The van der Waals surface area contributed by atoms with Gasteiger partial charge in [0, 0.05) is 5.02 Å². The van der Waals surface area contributed by atoms with Crippen molar-refractivity contribution in [3.05, 3.63) is 105 Å². The van der Waals surface area contributed by atoms with Crippen LogP contribution in [0.2, 0.25) is 5.02 Å². The van der Waals surface area contributed by atoms with Gasteiger partial charge in [0.25, 0.3) is 0 Å². The third kappa shape index (κ3) is 6.45. The molecule has 0 radical (unpaired) electrons. The lowest BCUT2D eigenvalue weighted by molar-refractivity contribution is 0.282. The van der Waals surface area contributed by atoms with E-state index in [1.807, 2.05) is 18.2 Å². The molecule has 3 aromatic rings. The van der Waals surface area contributed by atoms with Crippen LogP contribution < -0.4 is 0 Å². The van der Waals surface area contributed by atoms with Crippen LogP contribution in [0.3, 0.4) is 0 Å². The smallest absolute Gasteiger partial charge is 0.0681 e. The summed E-state index contributed by atoms with van der Waals surface area (Å²) in [5, 5.41) is 9.99. The molecule has 0 heterocycles. The molecule has 0 bridgehead atoms. The van der Waals surface area contributed by atoms with Gasteiger partial charge in [0.05, 0.1) is 6.61 Å². The van der Waals surface area contributed by atoms with E-state index < -0.39 is 0 Å². The standard InChI is InChI=1S/C27H31ClO/c1-20-10-11-24(16-21(20)2)17-25(26-8-5-9-27(28)18-26)7-4-3-6-22-12-14-23(19-29)15-13-22/h5,8-16,18,25,29H,3-4,6-7,17,19H2,1-2H3/t25-/m0/s1. The van der Waals surface area contributed by atoms with Gasteiger partial charge in [-0.25, -0.2) is 0 Å². The molecule has 2 heteroatoms. The van der Waals surface area contributed by atoms with Crippen molar-refractivity contribution in [2.75, 3.05) is 0 Å². The number of rotatable bonds is 9. The topological polar surface area (TPSA) is 20.2 Å². The summed E-state index contributed by atoms with van der Waals surface area (Å²) in [7, 11) is 0. The molecule has 0 saturated carbocycles. The quantitative estimate of drug-likeness (QED) is 0.373. The lowest BCUT2D eigenvalue weighted by Gasteiger charge is -2.19. The van der Waals surface area contributed by atoms with Crippen LogP contribution in [0.1, 0.15) is 58.6 Å². The molecular formula is C27H31ClO. The van der Waals surface area contributed by atoms with Crippen LogP contribution in [-0.2, 0) is 19.4 Å². The van der Waals surface area contributed by atoms with E-state index in [1.165, 1.54) is 40.7 Å². The van der Waals surface area contributed by atoms with Gasteiger partial charge in [0.1, 0.15) is 0 Å². The Kier molecular flexibility index (Phi) is 7.91. The maximum atomic E-state index is 9.18. The molecule has 0 unspecified atom stereocenters. The number of aliphatic hydroxyl groups is 1. The minimum Gasteiger partial charge on any atom is -0.392 e. The van der Waals surface area contributed by atoms with Gasteiger partial charge >= 0.3 is 0 Å². The fourth-order valence-corrected chi connectivity index (χ4v) is 4.09. The zero-order chi connectivity index (χ0) is 20.6. The fraction of sp³-hybridized carbons (Fsp3) is 0.333. The largest absolute Gasteiger partial charge is 0.392 e. The van der Waals surface area contributed by atoms with Crippen molar-refractivity contribution in [1.82, 2.24) is 0 Å². The molecule has 0 aliphatic heterocycles.